The molecule has 0 unspecified atom stereocenters. The Morgan fingerprint density at radius 1 is 1.14 bits per heavy atom. The molecule has 4 aromatic rings. The van der Waals surface area contributed by atoms with Crippen LogP contribution in [0.25, 0.3) is 27.7 Å². The number of fused-ring (bicyclic) bond motifs is 3. The average Bonchev–Trinajstić information content (AvgIpc) is 3.00. The van der Waals surface area contributed by atoms with Crippen LogP contribution in [0.15, 0.2) is 56.5 Å². The maximum absolute atomic E-state index is 13.2. The molecule has 9 heteroatoms. The molecule has 9 nitrogen and oxygen atoms in total. The molecule has 28 heavy (non-hydrogen) atoms. The highest BCUT2D eigenvalue weighted by Crippen LogP contribution is 2.29. The second-order valence-electron chi connectivity index (χ2n) is 6.09. The number of hydrogen-bond acceptors (Lipinski definition) is 6. The van der Waals surface area contributed by atoms with Crippen molar-refractivity contribution in [3.63, 3.8) is 0 Å². The number of nitrogens with zero attached hydrogens (tertiary/aromatic N) is 3. The van der Waals surface area contributed by atoms with Gasteiger partial charge in [0.2, 0.25) is 5.71 Å². The van der Waals surface area contributed by atoms with Crippen molar-refractivity contribution in [2.24, 2.45) is 0 Å². The zero-order chi connectivity index (χ0) is 20.0. The van der Waals surface area contributed by atoms with E-state index in [1.165, 1.54) is 19.2 Å². The summed E-state index contributed by atoms with van der Waals surface area (Å²) in [5.41, 5.74) is 0.233. The van der Waals surface area contributed by atoms with Crippen LogP contribution < -0.4 is 16.1 Å². The van der Waals surface area contributed by atoms with E-state index < -0.39 is 16.2 Å². The van der Waals surface area contributed by atoms with Crippen LogP contribution in [0.2, 0.25) is 0 Å². The van der Waals surface area contributed by atoms with Gasteiger partial charge in [0.05, 0.1) is 23.2 Å². The number of hydrogen-bond donors (Lipinski definition) is 0. The van der Waals surface area contributed by atoms with E-state index in [0.717, 1.165) is 4.57 Å². The number of aromatic nitrogens is 2. The van der Waals surface area contributed by atoms with Crippen LogP contribution in [0.1, 0.15) is 6.92 Å². The highest BCUT2D eigenvalue weighted by Gasteiger charge is 2.21. The van der Waals surface area contributed by atoms with Crippen LogP contribution in [-0.4, -0.2) is 21.2 Å². The van der Waals surface area contributed by atoms with E-state index in [2.05, 4.69) is 0 Å². The summed E-state index contributed by atoms with van der Waals surface area (Å²) < 4.78 is 13.1. The summed E-state index contributed by atoms with van der Waals surface area (Å²) >= 11 is 0. The molecule has 0 saturated carbocycles. The minimum absolute atomic E-state index is 0.0951. The van der Waals surface area contributed by atoms with E-state index in [-0.39, 0.29) is 16.8 Å². The Kier molecular flexibility index (Phi) is 3.99. The number of aryl methyl sites for hydroxylation is 1. The number of methoxy groups -OCH3 is 1. The molecule has 0 radical (unpaired) electrons. The third kappa shape index (κ3) is 2.48. The molecule has 0 N–H and O–H groups in total. The van der Waals surface area contributed by atoms with E-state index in [1.807, 2.05) is 6.92 Å². The number of nitro groups is 1. The second kappa shape index (κ2) is 6.38. The molecular weight excluding hydrogens is 366 g/mol. The predicted molar refractivity (Wildman–Crippen MR) is 102 cm³/mol. The largest absolute Gasteiger partial charge is 0.497 e. The fourth-order valence-electron chi connectivity index (χ4n) is 3.34. The van der Waals surface area contributed by atoms with E-state index in [1.54, 1.807) is 34.9 Å². The maximum Gasteiger partial charge on any atom is 0.428 e. The molecule has 0 aliphatic heterocycles. The first-order valence-electron chi connectivity index (χ1n) is 8.47. The molecule has 0 atom stereocenters. The van der Waals surface area contributed by atoms with Crippen LogP contribution in [0.4, 0.5) is 5.69 Å². The van der Waals surface area contributed by atoms with Crippen molar-refractivity contribution in [2.75, 3.05) is 7.11 Å². The zero-order valence-corrected chi connectivity index (χ0v) is 15.0. The van der Waals surface area contributed by atoms with Gasteiger partial charge in [-0.05, 0) is 37.3 Å². The van der Waals surface area contributed by atoms with Gasteiger partial charge in [0.1, 0.15) is 11.1 Å². The summed E-state index contributed by atoms with van der Waals surface area (Å²) in [6.45, 7) is 2.25. The number of non-ortho nitro benzene ring substituents is 1. The summed E-state index contributed by atoms with van der Waals surface area (Å²) in [4.78, 5) is 36.4. The van der Waals surface area contributed by atoms with Gasteiger partial charge >= 0.3 is 5.76 Å². The Bertz CT molecular complexity index is 1340. The molecule has 2 aromatic carbocycles. The molecule has 0 fully saturated rings. The van der Waals surface area contributed by atoms with Gasteiger partial charge in [-0.1, -0.05) is 0 Å². The molecule has 2 heterocycles. The smallest absolute Gasteiger partial charge is 0.428 e. The minimum atomic E-state index is -0.838. The van der Waals surface area contributed by atoms with Crippen LogP contribution in [0.3, 0.4) is 0 Å². The Morgan fingerprint density at radius 3 is 2.46 bits per heavy atom. The molecule has 0 spiro atoms. The monoisotopic (exact) mass is 381 g/mol. The van der Waals surface area contributed by atoms with Crippen LogP contribution in [-0.2, 0) is 6.54 Å². The van der Waals surface area contributed by atoms with E-state index in [4.69, 9.17) is 9.15 Å². The lowest BCUT2D eigenvalue weighted by molar-refractivity contribution is -0.384. The first kappa shape index (κ1) is 17.5. The summed E-state index contributed by atoms with van der Waals surface area (Å²) in [5.74, 6) is -0.268. The van der Waals surface area contributed by atoms with E-state index in [9.17, 15) is 19.7 Å². The Balaban J connectivity index is 2.13. The van der Waals surface area contributed by atoms with Gasteiger partial charge in [-0.3, -0.25) is 14.9 Å². The Hall–Kier alpha value is -3.88. The zero-order valence-electron chi connectivity index (χ0n) is 15.0. The second-order valence-corrected chi connectivity index (χ2v) is 6.09. The van der Waals surface area contributed by atoms with Crippen LogP contribution in [0, 0.1) is 10.1 Å². The Labute approximate surface area is 157 Å². The minimum Gasteiger partial charge on any atom is -0.497 e. The number of nitro benzene ring substituents is 1. The molecule has 142 valence electrons. The molecule has 0 aliphatic rings. The lowest BCUT2D eigenvalue weighted by Crippen LogP contribution is -2.31. The van der Waals surface area contributed by atoms with Crippen LogP contribution in [0.5, 0.6) is 5.75 Å². The van der Waals surface area contributed by atoms with Gasteiger partial charge in [-0.2, -0.15) is 0 Å². The van der Waals surface area contributed by atoms with Gasteiger partial charge in [-0.25, -0.2) is 9.36 Å². The highest BCUT2D eigenvalue weighted by molar-refractivity contribution is 6.06. The van der Waals surface area contributed by atoms with E-state index >= 15 is 0 Å². The lowest BCUT2D eigenvalue weighted by atomic mass is 10.2. The first-order chi connectivity index (χ1) is 13.5. The van der Waals surface area contributed by atoms with Gasteiger partial charge < -0.3 is 13.7 Å². The van der Waals surface area contributed by atoms with Crippen molar-refractivity contribution in [1.29, 1.82) is 0 Å². The first-order valence-corrected chi connectivity index (χ1v) is 8.47. The van der Waals surface area contributed by atoms with Crippen molar-refractivity contribution in [3.05, 3.63) is 73.5 Å². The standard InChI is InChI=1S/C19H15N3O6/c1-3-20-15-9-6-12(22(25)26)10-14(15)16-17(23)21(19(24)28-18(16)20)11-4-7-13(27-2)8-5-11/h4-10H,3H2,1-2H3. The highest BCUT2D eigenvalue weighted by atomic mass is 16.6. The number of ether oxygens (including phenoxy) is 1. The summed E-state index contributed by atoms with van der Waals surface area (Å²) in [6.07, 6.45) is 0. The van der Waals surface area contributed by atoms with Gasteiger partial charge in [-0.15, -0.1) is 0 Å². The van der Waals surface area contributed by atoms with Crippen molar-refractivity contribution in [2.45, 2.75) is 13.5 Å². The average molecular weight is 381 g/mol. The third-order valence-electron chi connectivity index (χ3n) is 4.64. The van der Waals surface area contributed by atoms with Crippen molar-refractivity contribution in [3.8, 4) is 11.4 Å². The predicted octanol–water partition coefficient (Wildman–Crippen LogP) is 2.84. The van der Waals surface area contributed by atoms with E-state index in [0.29, 0.717) is 28.9 Å². The molecule has 4 rings (SSSR count). The summed E-state index contributed by atoms with van der Waals surface area (Å²) in [5, 5.41) is 11.7. The number of benzene rings is 2. The molecule has 2 aromatic heterocycles. The topological polar surface area (TPSA) is 110 Å². The summed E-state index contributed by atoms with van der Waals surface area (Å²) in [6, 6.07) is 10.6. The molecule has 0 saturated heterocycles. The molecule has 0 bridgehead atoms. The fourth-order valence-corrected chi connectivity index (χ4v) is 3.34. The lowest BCUT2D eigenvalue weighted by Gasteiger charge is -2.06. The van der Waals surface area contributed by atoms with Crippen LogP contribution >= 0.6 is 0 Å². The van der Waals surface area contributed by atoms with Crippen molar-refractivity contribution >= 4 is 27.7 Å². The van der Waals surface area contributed by atoms with Crippen molar-refractivity contribution < 1.29 is 14.1 Å². The van der Waals surface area contributed by atoms with Gasteiger partial charge in [0.15, 0.2) is 0 Å². The maximum atomic E-state index is 13.2. The Morgan fingerprint density at radius 2 is 1.86 bits per heavy atom. The van der Waals surface area contributed by atoms with Gasteiger partial charge in [0, 0.05) is 24.1 Å². The molecular formula is C19H15N3O6. The quantitative estimate of drug-likeness (QED) is 0.397. The SMILES string of the molecule is CCn1c2ccc([N+](=O)[O-])cc2c2c(=O)n(-c3ccc(OC)cc3)c(=O)oc21. The normalized spacial score (nSPS) is 11.2. The summed E-state index contributed by atoms with van der Waals surface area (Å²) in [7, 11) is 1.51. The fraction of sp³-hybridized carbons (Fsp3) is 0.158. The van der Waals surface area contributed by atoms with Gasteiger partial charge in [0.25, 0.3) is 11.2 Å². The van der Waals surface area contributed by atoms with Crippen molar-refractivity contribution in [1.82, 2.24) is 9.13 Å². The third-order valence-corrected chi connectivity index (χ3v) is 4.64. The molecule has 0 amide bonds. The molecule has 0 aliphatic carbocycles. The number of rotatable bonds is 4.